The van der Waals surface area contributed by atoms with Crippen molar-refractivity contribution in [2.45, 2.75) is 40.0 Å². The van der Waals surface area contributed by atoms with Crippen LogP contribution in [0, 0.1) is 11.8 Å². The SMILES string of the molecule is C=C(C)C1CC(=O)N(CCC(=O)NCCC(C)C)C1=O. The van der Waals surface area contributed by atoms with Crippen LogP contribution >= 0.6 is 0 Å². The highest BCUT2D eigenvalue weighted by Crippen LogP contribution is 2.25. The Morgan fingerprint density at radius 3 is 2.60 bits per heavy atom. The average Bonchev–Trinajstić information content (AvgIpc) is 2.62. The zero-order chi connectivity index (χ0) is 15.3. The van der Waals surface area contributed by atoms with Gasteiger partial charge >= 0.3 is 0 Å². The predicted molar refractivity (Wildman–Crippen MR) is 76.7 cm³/mol. The van der Waals surface area contributed by atoms with E-state index in [-0.39, 0.29) is 37.1 Å². The second-order valence-electron chi connectivity index (χ2n) is 5.77. The minimum absolute atomic E-state index is 0.120. The molecule has 112 valence electrons. The number of imide groups is 1. The van der Waals surface area contributed by atoms with Gasteiger partial charge in [-0.05, 0) is 19.3 Å². The van der Waals surface area contributed by atoms with Crippen molar-refractivity contribution in [1.29, 1.82) is 0 Å². The highest BCUT2D eigenvalue weighted by molar-refractivity contribution is 6.05. The van der Waals surface area contributed by atoms with Gasteiger partial charge in [0.2, 0.25) is 17.7 Å². The smallest absolute Gasteiger partial charge is 0.236 e. The van der Waals surface area contributed by atoms with Crippen LogP contribution in [0.25, 0.3) is 0 Å². The quantitative estimate of drug-likeness (QED) is 0.567. The van der Waals surface area contributed by atoms with Gasteiger partial charge < -0.3 is 5.32 Å². The first-order valence-corrected chi connectivity index (χ1v) is 7.09. The molecular weight excluding hydrogens is 256 g/mol. The van der Waals surface area contributed by atoms with E-state index in [1.165, 1.54) is 4.90 Å². The van der Waals surface area contributed by atoms with E-state index in [1.807, 2.05) is 0 Å². The van der Waals surface area contributed by atoms with Crippen molar-refractivity contribution in [3.63, 3.8) is 0 Å². The monoisotopic (exact) mass is 280 g/mol. The van der Waals surface area contributed by atoms with Crippen LogP contribution in [0.1, 0.15) is 40.0 Å². The largest absolute Gasteiger partial charge is 0.356 e. The third kappa shape index (κ3) is 4.47. The topological polar surface area (TPSA) is 66.5 Å². The molecule has 3 amide bonds. The zero-order valence-electron chi connectivity index (χ0n) is 12.6. The van der Waals surface area contributed by atoms with E-state index < -0.39 is 5.92 Å². The van der Waals surface area contributed by atoms with E-state index in [0.717, 1.165) is 6.42 Å². The lowest BCUT2D eigenvalue weighted by atomic mass is 10.0. The summed E-state index contributed by atoms with van der Waals surface area (Å²) in [4.78, 5) is 36.5. The highest BCUT2D eigenvalue weighted by Gasteiger charge is 2.38. The molecule has 1 aliphatic heterocycles. The molecule has 1 aliphatic rings. The fraction of sp³-hybridized carbons (Fsp3) is 0.667. The molecule has 0 saturated carbocycles. The lowest BCUT2D eigenvalue weighted by molar-refractivity contribution is -0.139. The molecule has 5 nitrogen and oxygen atoms in total. The maximum atomic E-state index is 12.0. The van der Waals surface area contributed by atoms with E-state index in [2.05, 4.69) is 25.7 Å². The standard InChI is InChI=1S/C15H24N2O3/c1-10(2)5-7-16-13(18)6-8-17-14(19)9-12(11(3)4)15(17)20/h10,12H,3,5-9H2,1-2,4H3,(H,16,18). The lowest BCUT2D eigenvalue weighted by Crippen LogP contribution is -2.35. The van der Waals surface area contributed by atoms with Crippen LogP contribution in [0.3, 0.4) is 0 Å². The van der Waals surface area contributed by atoms with Gasteiger partial charge in [0.05, 0.1) is 5.92 Å². The summed E-state index contributed by atoms with van der Waals surface area (Å²) in [5.41, 5.74) is 0.701. The second-order valence-corrected chi connectivity index (χ2v) is 5.77. The Hall–Kier alpha value is -1.65. The van der Waals surface area contributed by atoms with Crippen LogP contribution in [0.4, 0.5) is 0 Å². The Kier molecular flexibility index (Phi) is 5.92. The van der Waals surface area contributed by atoms with Gasteiger partial charge in [0.1, 0.15) is 0 Å². The van der Waals surface area contributed by atoms with Crippen LogP contribution in [-0.4, -0.2) is 35.7 Å². The van der Waals surface area contributed by atoms with Crippen LogP contribution in [0.15, 0.2) is 12.2 Å². The maximum Gasteiger partial charge on any atom is 0.236 e. The normalized spacial score (nSPS) is 18.8. The molecule has 0 aromatic carbocycles. The number of likely N-dealkylation sites (tertiary alicyclic amines) is 1. The van der Waals surface area contributed by atoms with Crippen molar-refractivity contribution >= 4 is 17.7 Å². The average molecular weight is 280 g/mol. The summed E-state index contributed by atoms with van der Waals surface area (Å²) >= 11 is 0. The molecular formula is C15H24N2O3. The van der Waals surface area contributed by atoms with E-state index in [4.69, 9.17) is 0 Å². The fourth-order valence-electron chi connectivity index (χ4n) is 2.11. The van der Waals surface area contributed by atoms with Crippen molar-refractivity contribution in [1.82, 2.24) is 10.2 Å². The number of nitrogens with one attached hydrogen (secondary N) is 1. The van der Waals surface area contributed by atoms with E-state index in [1.54, 1.807) is 6.92 Å². The summed E-state index contributed by atoms with van der Waals surface area (Å²) in [5, 5.41) is 2.80. The molecule has 0 bridgehead atoms. The Morgan fingerprint density at radius 2 is 2.10 bits per heavy atom. The Bertz CT molecular complexity index is 415. The molecule has 0 aliphatic carbocycles. The summed E-state index contributed by atoms with van der Waals surface area (Å²) in [6, 6.07) is 0. The predicted octanol–water partition coefficient (Wildman–Crippen LogP) is 1.49. The number of hydrogen-bond donors (Lipinski definition) is 1. The molecule has 0 aromatic rings. The highest BCUT2D eigenvalue weighted by atomic mass is 16.2. The van der Waals surface area contributed by atoms with E-state index >= 15 is 0 Å². The Balaban J connectivity index is 2.38. The van der Waals surface area contributed by atoms with Crippen LogP contribution in [0.2, 0.25) is 0 Å². The third-order valence-electron chi connectivity index (χ3n) is 3.45. The molecule has 1 saturated heterocycles. The van der Waals surface area contributed by atoms with Gasteiger partial charge in [-0.3, -0.25) is 19.3 Å². The van der Waals surface area contributed by atoms with Crippen molar-refractivity contribution in [3.05, 3.63) is 12.2 Å². The van der Waals surface area contributed by atoms with Gasteiger partial charge in [-0.1, -0.05) is 26.0 Å². The number of nitrogens with zero attached hydrogens (tertiary/aromatic N) is 1. The second kappa shape index (κ2) is 7.22. The first-order valence-electron chi connectivity index (χ1n) is 7.09. The molecule has 5 heteroatoms. The summed E-state index contributed by atoms with van der Waals surface area (Å²) in [5.74, 6) is -0.430. The number of carbonyl (C=O) groups excluding carboxylic acids is 3. The van der Waals surface area contributed by atoms with E-state index in [0.29, 0.717) is 18.0 Å². The molecule has 1 fully saturated rings. The minimum atomic E-state index is -0.411. The molecule has 0 aromatic heterocycles. The van der Waals surface area contributed by atoms with Crippen LogP contribution < -0.4 is 5.32 Å². The summed E-state index contributed by atoms with van der Waals surface area (Å²) in [6.07, 6.45) is 1.27. The summed E-state index contributed by atoms with van der Waals surface area (Å²) < 4.78 is 0. The zero-order valence-corrected chi connectivity index (χ0v) is 12.6. The van der Waals surface area contributed by atoms with Gasteiger partial charge in [0.25, 0.3) is 0 Å². The molecule has 1 unspecified atom stereocenters. The third-order valence-corrected chi connectivity index (χ3v) is 3.45. The molecule has 1 atom stereocenters. The first-order chi connectivity index (χ1) is 9.32. The summed E-state index contributed by atoms with van der Waals surface area (Å²) in [6.45, 7) is 10.4. The van der Waals surface area contributed by atoms with Crippen molar-refractivity contribution in [2.24, 2.45) is 11.8 Å². The number of rotatable bonds is 7. The van der Waals surface area contributed by atoms with Gasteiger partial charge in [-0.25, -0.2) is 0 Å². The molecule has 1 rings (SSSR count). The van der Waals surface area contributed by atoms with Crippen molar-refractivity contribution in [3.8, 4) is 0 Å². The fourth-order valence-corrected chi connectivity index (χ4v) is 2.11. The molecule has 1 N–H and O–H groups in total. The first kappa shape index (κ1) is 16.4. The van der Waals surface area contributed by atoms with Gasteiger partial charge in [0.15, 0.2) is 0 Å². The maximum absolute atomic E-state index is 12.0. The number of carbonyl (C=O) groups is 3. The van der Waals surface area contributed by atoms with Gasteiger partial charge in [-0.2, -0.15) is 0 Å². The Labute approximate surface area is 120 Å². The van der Waals surface area contributed by atoms with Gasteiger partial charge in [-0.15, -0.1) is 0 Å². The van der Waals surface area contributed by atoms with Crippen molar-refractivity contribution in [2.75, 3.05) is 13.1 Å². The van der Waals surface area contributed by atoms with Gasteiger partial charge in [0, 0.05) is 25.9 Å². The van der Waals surface area contributed by atoms with E-state index in [9.17, 15) is 14.4 Å². The molecule has 0 spiro atoms. The Morgan fingerprint density at radius 1 is 1.45 bits per heavy atom. The number of amides is 3. The number of hydrogen-bond acceptors (Lipinski definition) is 3. The molecule has 20 heavy (non-hydrogen) atoms. The van der Waals surface area contributed by atoms with Crippen LogP contribution in [0.5, 0.6) is 0 Å². The molecule has 1 heterocycles. The summed E-state index contributed by atoms with van der Waals surface area (Å²) in [7, 11) is 0. The lowest BCUT2D eigenvalue weighted by Gasteiger charge is -2.15. The molecule has 0 radical (unpaired) electrons. The minimum Gasteiger partial charge on any atom is -0.356 e. The van der Waals surface area contributed by atoms with Crippen molar-refractivity contribution < 1.29 is 14.4 Å². The van der Waals surface area contributed by atoms with Crippen LogP contribution in [-0.2, 0) is 14.4 Å².